The minimum atomic E-state index is -4.31. The van der Waals surface area contributed by atoms with Gasteiger partial charge in [-0.3, -0.25) is 0 Å². The Bertz CT molecular complexity index is 223. The molecule has 0 aromatic rings. The van der Waals surface area contributed by atoms with E-state index in [0.29, 0.717) is 13.0 Å². The molecule has 0 bridgehead atoms. The summed E-state index contributed by atoms with van der Waals surface area (Å²) in [5.41, 5.74) is 0. The molecule has 3 unspecified atom stereocenters. The first kappa shape index (κ1) is 14.7. The third-order valence-corrected chi connectivity index (χ3v) is 2.80. The van der Waals surface area contributed by atoms with Gasteiger partial charge in [-0.15, -0.1) is 0 Å². The van der Waals surface area contributed by atoms with Gasteiger partial charge in [0.05, 0.1) is 12.7 Å². The van der Waals surface area contributed by atoms with Gasteiger partial charge in [-0.1, -0.05) is 6.92 Å². The van der Waals surface area contributed by atoms with E-state index in [1.54, 1.807) is 0 Å². The summed E-state index contributed by atoms with van der Waals surface area (Å²) in [6, 6.07) is -0.0477. The summed E-state index contributed by atoms with van der Waals surface area (Å²) in [5, 5.41) is 3.21. The summed E-state index contributed by atoms with van der Waals surface area (Å²) in [6.45, 7) is 4.63. The van der Waals surface area contributed by atoms with E-state index in [-0.39, 0.29) is 12.6 Å². The molecule has 1 saturated heterocycles. The first-order valence-electron chi connectivity index (χ1n) is 5.98. The highest BCUT2D eigenvalue weighted by Crippen LogP contribution is 2.25. The Morgan fingerprint density at radius 3 is 2.76 bits per heavy atom. The largest absolute Gasteiger partial charge is 0.414 e. The van der Waals surface area contributed by atoms with Crippen molar-refractivity contribution in [3.05, 3.63) is 0 Å². The Morgan fingerprint density at radius 1 is 1.47 bits per heavy atom. The molecule has 1 aliphatic heterocycles. The predicted octanol–water partition coefficient (Wildman–Crippen LogP) is 2.11. The summed E-state index contributed by atoms with van der Waals surface area (Å²) < 4.78 is 47.4. The number of nitrogens with one attached hydrogen (secondary N) is 1. The fourth-order valence-electron chi connectivity index (χ4n) is 1.75. The van der Waals surface area contributed by atoms with Crippen molar-refractivity contribution in [1.29, 1.82) is 0 Å². The van der Waals surface area contributed by atoms with Crippen LogP contribution < -0.4 is 5.32 Å². The maximum Gasteiger partial charge on any atom is 0.414 e. The highest BCUT2D eigenvalue weighted by atomic mass is 19.4. The quantitative estimate of drug-likeness (QED) is 0.816. The van der Waals surface area contributed by atoms with E-state index in [9.17, 15) is 13.2 Å². The Hall–Kier alpha value is -0.330. The summed E-state index contributed by atoms with van der Waals surface area (Å²) >= 11 is 0. The third-order valence-electron chi connectivity index (χ3n) is 2.80. The minimum Gasteiger partial charge on any atom is -0.379 e. The summed E-state index contributed by atoms with van der Waals surface area (Å²) in [5.74, 6) is 0. The average molecular weight is 255 g/mol. The van der Waals surface area contributed by atoms with E-state index in [4.69, 9.17) is 9.47 Å². The maximum atomic E-state index is 12.4. The molecule has 1 heterocycles. The van der Waals surface area contributed by atoms with Gasteiger partial charge >= 0.3 is 6.18 Å². The van der Waals surface area contributed by atoms with Crippen molar-refractivity contribution in [3.63, 3.8) is 0 Å². The van der Waals surface area contributed by atoms with Gasteiger partial charge in [-0.05, 0) is 26.3 Å². The molecule has 0 aliphatic carbocycles. The van der Waals surface area contributed by atoms with Crippen LogP contribution in [0.2, 0.25) is 0 Å². The van der Waals surface area contributed by atoms with Crippen molar-refractivity contribution in [1.82, 2.24) is 5.32 Å². The third kappa shape index (κ3) is 4.81. The molecule has 1 aliphatic rings. The zero-order chi connectivity index (χ0) is 12.9. The molecule has 1 N–H and O–H groups in total. The molecule has 0 saturated carbocycles. The number of halogens is 3. The van der Waals surface area contributed by atoms with Crippen molar-refractivity contribution < 1.29 is 22.6 Å². The number of hydrogen-bond donors (Lipinski definition) is 1. The smallest absolute Gasteiger partial charge is 0.379 e. The summed E-state index contributed by atoms with van der Waals surface area (Å²) in [4.78, 5) is 0. The van der Waals surface area contributed by atoms with Crippen LogP contribution in [0.3, 0.4) is 0 Å². The Balaban J connectivity index is 2.47. The average Bonchev–Trinajstić information content (AvgIpc) is 2.26. The summed E-state index contributed by atoms with van der Waals surface area (Å²) in [6.07, 6.45) is -4.95. The van der Waals surface area contributed by atoms with E-state index >= 15 is 0 Å². The van der Waals surface area contributed by atoms with Crippen LogP contribution in [0.1, 0.15) is 26.7 Å². The second-order valence-electron chi connectivity index (χ2n) is 4.28. The Kier molecular flexibility index (Phi) is 5.69. The number of ether oxygens (including phenoxy) is 2. The highest BCUT2D eigenvalue weighted by Gasteiger charge is 2.40. The van der Waals surface area contributed by atoms with E-state index in [1.165, 1.54) is 0 Å². The molecule has 0 amide bonds. The maximum absolute atomic E-state index is 12.4. The fraction of sp³-hybridized carbons (Fsp3) is 1.00. The Morgan fingerprint density at radius 2 is 2.18 bits per heavy atom. The van der Waals surface area contributed by atoms with E-state index in [2.05, 4.69) is 5.32 Å². The van der Waals surface area contributed by atoms with Gasteiger partial charge in [-0.25, -0.2) is 0 Å². The molecule has 6 heteroatoms. The standard InChI is InChI=1S/C11H20F3NO2/c1-3-5-15-9-4-6-16-7-10(9)17-8(2)11(12,13)14/h8-10,15H,3-7H2,1-2H3. The lowest BCUT2D eigenvalue weighted by Crippen LogP contribution is -2.50. The van der Waals surface area contributed by atoms with E-state index in [1.807, 2.05) is 6.92 Å². The number of alkyl halides is 3. The number of hydrogen-bond acceptors (Lipinski definition) is 3. The van der Waals surface area contributed by atoms with Crippen molar-refractivity contribution in [3.8, 4) is 0 Å². The molecule has 102 valence electrons. The molecule has 0 spiro atoms. The van der Waals surface area contributed by atoms with Crippen LogP contribution >= 0.6 is 0 Å². The van der Waals surface area contributed by atoms with Crippen LogP contribution in [-0.2, 0) is 9.47 Å². The van der Waals surface area contributed by atoms with Crippen molar-refractivity contribution in [2.75, 3.05) is 19.8 Å². The molecule has 3 nitrogen and oxygen atoms in total. The van der Waals surface area contributed by atoms with Gasteiger partial charge in [0.25, 0.3) is 0 Å². The van der Waals surface area contributed by atoms with Crippen molar-refractivity contribution in [2.24, 2.45) is 0 Å². The molecule has 0 aromatic heterocycles. The molecular weight excluding hydrogens is 235 g/mol. The molecule has 0 radical (unpaired) electrons. The van der Waals surface area contributed by atoms with Gasteiger partial charge in [-0.2, -0.15) is 13.2 Å². The van der Waals surface area contributed by atoms with Crippen molar-refractivity contribution in [2.45, 2.75) is 51.1 Å². The fourth-order valence-corrected chi connectivity index (χ4v) is 1.75. The van der Waals surface area contributed by atoms with Gasteiger partial charge in [0.2, 0.25) is 0 Å². The van der Waals surface area contributed by atoms with E-state index < -0.39 is 18.4 Å². The lowest BCUT2D eigenvalue weighted by Gasteiger charge is -2.34. The van der Waals surface area contributed by atoms with Gasteiger partial charge in [0.15, 0.2) is 6.10 Å². The first-order chi connectivity index (χ1) is 7.95. The molecule has 3 atom stereocenters. The molecule has 0 aromatic carbocycles. The predicted molar refractivity (Wildman–Crippen MR) is 57.9 cm³/mol. The topological polar surface area (TPSA) is 30.5 Å². The van der Waals surface area contributed by atoms with Crippen LogP contribution in [0, 0.1) is 0 Å². The van der Waals surface area contributed by atoms with Crippen molar-refractivity contribution >= 4 is 0 Å². The number of rotatable bonds is 5. The monoisotopic (exact) mass is 255 g/mol. The van der Waals surface area contributed by atoms with Gasteiger partial charge < -0.3 is 14.8 Å². The second-order valence-corrected chi connectivity index (χ2v) is 4.28. The van der Waals surface area contributed by atoms with Crippen LogP contribution in [0.15, 0.2) is 0 Å². The van der Waals surface area contributed by atoms with Crippen LogP contribution in [0.5, 0.6) is 0 Å². The summed E-state index contributed by atoms with van der Waals surface area (Å²) in [7, 11) is 0. The normalized spacial score (nSPS) is 28.1. The molecule has 1 rings (SSSR count). The first-order valence-corrected chi connectivity index (χ1v) is 5.98. The lowest BCUT2D eigenvalue weighted by molar-refractivity contribution is -0.238. The zero-order valence-electron chi connectivity index (χ0n) is 10.2. The minimum absolute atomic E-state index is 0.0477. The zero-order valence-corrected chi connectivity index (χ0v) is 10.2. The SMILES string of the molecule is CCCNC1CCOCC1OC(C)C(F)(F)F. The molecule has 17 heavy (non-hydrogen) atoms. The Labute approximate surface area is 99.7 Å². The van der Waals surface area contributed by atoms with E-state index in [0.717, 1.165) is 19.9 Å². The molecular formula is C11H20F3NO2. The second kappa shape index (κ2) is 6.56. The lowest BCUT2D eigenvalue weighted by atomic mass is 10.1. The van der Waals surface area contributed by atoms with Crippen LogP contribution in [0.4, 0.5) is 13.2 Å². The highest BCUT2D eigenvalue weighted by molar-refractivity contribution is 4.82. The van der Waals surface area contributed by atoms with Gasteiger partial charge in [0, 0.05) is 12.6 Å². The van der Waals surface area contributed by atoms with Crippen LogP contribution in [0.25, 0.3) is 0 Å². The molecule has 1 fully saturated rings. The van der Waals surface area contributed by atoms with Gasteiger partial charge in [0.1, 0.15) is 0 Å². The van der Waals surface area contributed by atoms with Crippen LogP contribution in [-0.4, -0.2) is 44.2 Å².